The van der Waals surface area contributed by atoms with E-state index in [1.165, 1.54) is 0 Å². The highest BCUT2D eigenvalue weighted by Crippen LogP contribution is 2.21. The lowest BCUT2D eigenvalue weighted by Crippen LogP contribution is -2.41. The van der Waals surface area contributed by atoms with Crippen LogP contribution in [0.1, 0.15) is 33.1 Å². The Hall–Kier alpha value is -1.07. The van der Waals surface area contributed by atoms with Gasteiger partial charge < -0.3 is 4.90 Å². The fraction of sp³-hybridized carbons (Fsp3) is 0.538. The normalized spacial score (nSPS) is 13.3. The maximum Gasteiger partial charge on any atom is 0.286 e. The highest BCUT2D eigenvalue weighted by Gasteiger charge is 2.27. The van der Waals surface area contributed by atoms with Gasteiger partial charge in [-0.15, -0.1) is 0 Å². The summed E-state index contributed by atoms with van der Waals surface area (Å²) in [5, 5.41) is -0.869. The second kappa shape index (κ2) is 6.75. The number of unbranched alkanes of at least 4 members (excludes halogenated alkanes) is 1. The third-order valence-electron chi connectivity index (χ3n) is 2.88. The molecule has 102 valence electrons. The van der Waals surface area contributed by atoms with Crippen LogP contribution in [0.15, 0.2) is 30.3 Å². The molecule has 0 saturated heterocycles. The SMILES string of the molecule is CCCCN(c1ccccc1)C(CC)S(=O)(=O)O. The van der Waals surface area contributed by atoms with Crippen LogP contribution in [0.5, 0.6) is 0 Å². The average Bonchev–Trinajstić information content (AvgIpc) is 2.34. The number of hydrogen-bond acceptors (Lipinski definition) is 3. The van der Waals surface area contributed by atoms with E-state index in [-0.39, 0.29) is 0 Å². The van der Waals surface area contributed by atoms with Crippen molar-refractivity contribution in [1.82, 2.24) is 0 Å². The molecule has 0 aliphatic carbocycles. The van der Waals surface area contributed by atoms with Crippen molar-refractivity contribution in [2.24, 2.45) is 0 Å². The summed E-state index contributed by atoms with van der Waals surface area (Å²) >= 11 is 0. The monoisotopic (exact) mass is 271 g/mol. The molecule has 0 spiro atoms. The van der Waals surface area contributed by atoms with Crippen LogP contribution in [0, 0.1) is 0 Å². The predicted octanol–water partition coefficient (Wildman–Crippen LogP) is 2.92. The first-order valence-corrected chi connectivity index (χ1v) is 7.79. The van der Waals surface area contributed by atoms with Crippen LogP contribution < -0.4 is 4.90 Å². The van der Waals surface area contributed by atoms with E-state index in [2.05, 4.69) is 6.92 Å². The molecule has 18 heavy (non-hydrogen) atoms. The van der Waals surface area contributed by atoms with E-state index in [0.717, 1.165) is 18.5 Å². The minimum absolute atomic E-state index is 0.359. The van der Waals surface area contributed by atoms with Gasteiger partial charge in [-0.05, 0) is 25.0 Å². The summed E-state index contributed by atoms with van der Waals surface area (Å²) in [4.78, 5) is 1.76. The first-order valence-electron chi connectivity index (χ1n) is 6.28. The van der Waals surface area contributed by atoms with Crippen LogP contribution in [0.4, 0.5) is 5.69 Å². The zero-order chi connectivity index (χ0) is 13.6. The number of rotatable bonds is 7. The molecule has 1 rings (SSSR count). The second-order valence-corrected chi connectivity index (χ2v) is 5.83. The molecule has 0 amide bonds. The van der Waals surface area contributed by atoms with Gasteiger partial charge in [-0.1, -0.05) is 38.5 Å². The van der Waals surface area contributed by atoms with Crippen LogP contribution in [0.2, 0.25) is 0 Å². The Morgan fingerprint density at radius 2 is 1.83 bits per heavy atom. The zero-order valence-corrected chi connectivity index (χ0v) is 11.7. The minimum Gasteiger partial charge on any atom is -0.353 e. The van der Waals surface area contributed by atoms with E-state index in [0.29, 0.717) is 13.0 Å². The molecule has 1 unspecified atom stereocenters. The van der Waals surface area contributed by atoms with Gasteiger partial charge >= 0.3 is 0 Å². The fourth-order valence-electron chi connectivity index (χ4n) is 1.98. The van der Waals surface area contributed by atoms with Gasteiger partial charge in [-0.3, -0.25) is 4.55 Å². The molecule has 0 fully saturated rings. The molecule has 4 nitrogen and oxygen atoms in total. The molecule has 0 bridgehead atoms. The maximum absolute atomic E-state index is 11.5. The van der Waals surface area contributed by atoms with Gasteiger partial charge in [-0.2, -0.15) is 8.42 Å². The van der Waals surface area contributed by atoms with Crippen molar-refractivity contribution in [3.8, 4) is 0 Å². The summed E-state index contributed by atoms with van der Waals surface area (Å²) in [7, 11) is -4.07. The van der Waals surface area contributed by atoms with Gasteiger partial charge in [0, 0.05) is 12.2 Å². The largest absolute Gasteiger partial charge is 0.353 e. The first-order chi connectivity index (χ1) is 8.50. The van der Waals surface area contributed by atoms with Gasteiger partial charge in [-0.25, -0.2) is 0 Å². The van der Waals surface area contributed by atoms with Gasteiger partial charge in [0.15, 0.2) is 5.37 Å². The summed E-state index contributed by atoms with van der Waals surface area (Å²) in [6.45, 7) is 4.44. The molecule has 0 saturated carbocycles. The Bertz CT molecular complexity index is 445. The van der Waals surface area contributed by atoms with Crippen LogP contribution in [-0.2, 0) is 10.1 Å². The van der Waals surface area contributed by atoms with E-state index in [4.69, 9.17) is 0 Å². The average molecular weight is 271 g/mol. The summed E-state index contributed by atoms with van der Waals surface area (Å²) in [5.74, 6) is 0. The van der Waals surface area contributed by atoms with Gasteiger partial charge in [0.05, 0.1) is 0 Å². The van der Waals surface area contributed by atoms with Gasteiger partial charge in [0.1, 0.15) is 0 Å². The summed E-state index contributed by atoms with van der Waals surface area (Å²) in [5.41, 5.74) is 0.829. The third-order valence-corrected chi connectivity index (χ3v) is 4.16. The number of benzene rings is 1. The molecular weight excluding hydrogens is 250 g/mol. The summed E-state index contributed by atoms with van der Waals surface area (Å²) < 4.78 is 32.2. The molecule has 5 heteroatoms. The van der Waals surface area contributed by atoms with Crippen molar-refractivity contribution in [1.29, 1.82) is 0 Å². The van der Waals surface area contributed by atoms with E-state index < -0.39 is 15.5 Å². The molecule has 0 heterocycles. The van der Waals surface area contributed by atoms with E-state index in [9.17, 15) is 13.0 Å². The lowest BCUT2D eigenvalue weighted by Gasteiger charge is -2.31. The van der Waals surface area contributed by atoms with Crippen LogP contribution in [-0.4, -0.2) is 24.9 Å². The lowest BCUT2D eigenvalue weighted by molar-refractivity contribution is 0.458. The Morgan fingerprint density at radius 3 is 2.28 bits per heavy atom. The molecule has 1 aromatic rings. The van der Waals surface area contributed by atoms with Crippen LogP contribution in [0.25, 0.3) is 0 Å². The molecule has 0 radical (unpaired) electrons. The molecule has 0 aromatic heterocycles. The Balaban J connectivity index is 3.04. The minimum atomic E-state index is -4.07. The lowest BCUT2D eigenvalue weighted by atomic mass is 10.2. The van der Waals surface area contributed by atoms with Crippen molar-refractivity contribution >= 4 is 15.8 Å². The molecule has 1 aromatic carbocycles. The first kappa shape index (κ1) is 15.0. The topological polar surface area (TPSA) is 57.6 Å². The van der Waals surface area contributed by atoms with Crippen molar-refractivity contribution in [3.05, 3.63) is 30.3 Å². The molecule has 1 atom stereocenters. The van der Waals surface area contributed by atoms with Crippen molar-refractivity contribution < 1.29 is 13.0 Å². The Kier molecular flexibility index (Phi) is 5.62. The van der Waals surface area contributed by atoms with Crippen molar-refractivity contribution in [2.75, 3.05) is 11.4 Å². The summed E-state index contributed by atoms with van der Waals surface area (Å²) in [6, 6.07) is 9.35. The molecule has 0 aliphatic rings. The molecule has 0 aliphatic heterocycles. The Labute approximate surface area is 109 Å². The van der Waals surface area contributed by atoms with Crippen molar-refractivity contribution in [3.63, 3.8) is 0 Å². The fourth-order valence-corrected chi connectivity index (χ4v) is 2.95. The van der Waals surface area contributed by atoms with E-state index in [1.54, 1.807) is 11.8 Å². The maximum atomic E-state index is 11.5. The van der Waals surface area contributed by atoms with Crippen LogP contribution >= 0.6 is 0 Å². The number of hydrogen-bond donors (Lipinski definition) is 1. The highest BCUT2D eigenvalue weighted by atomic mass is 32.2. The third kappa shape index (κ3) is 3.99. The Morgan fingerprint density at radius 1 is 1.22 bits per heavy atom. The standard InChI is InChI=1S/C13H21NO3S/c1-3-5-11-14(12-9-7-6-8-10-12)13(4-2)18(15,16)17/h6-10,13H,3-5,11H2,1-2H3,(H,15,16,17). The zero-order valence-electron chi connectivity index (χ0n) is 10.9. The van der Waals surface area contributed by atoms with E-state index >= 15 is 0 Å². The molecular formula is C13H21NO3S. The number of anilines is 1. The summed E-state index contributed by atoms with van der Waals surface area (Å²) in [6.07, 6.45) is 2.23. The van der Waals surface area contributed by atoms with Crippen molar-refractivity contribution in [2.45, 2.75) is 38.5 Å². The van der Waals surface area contributed by atoms with Gasteiger partial charge in [0.2, 0.25) is 0 Å². The van der Waals surface area contributed by atoms with Crippen LogP contribution in [0.3, 0.4) is 0 Å². The molecule has 1 N–H and O–H groups in total. The predicted molar refractivity (Wildman–Crippen MR) is 74.3 cm³/mol. The highest BCUT2D eigenvalue weighted by molar-refractivity contribution is 7.86. The van der Waals surface area contributed by atoms with E-state index in [1.807, 2.05) is 30.3 Å². The van der Waals surface area contributed by atoms with Gasteiger partial charge in [0.25, 0.3) is 10.1 Å². The number of para-hydroxylation sites is 1. The second-order valence-electron chi connectivity index (χ2n) is 4.26. The smallest absolute Gasteiger partial charge is 0.286 e. The quantitative estimate of drug-likeness (QED) is 0.775. The number of nitrogens with zero attached hydrogens (tertiary/aromatic N) is 1.